The Labute approximate surface area is 196 Å². The second-order valence-electron chi connectivity index (χ2n) is 7.81. The van der Waals surface area contributed by atoms with Crippen LogP contribution < -0.4 is 5.32 Å². The van der Waals surface area contributed by atoms with E-state index in [1.54, 1.807) is 43.6 Å². The highest BCUT2D eigenvalue weighted by molar-refractivity contribution is 6.06. The number of hydrogen-bond donors (Lipinski definition) is 1. The van der Waals surface area contributed by atoms with Crippen molar-refractivity contribution in [2.45, 2.75) is 6.18 Å². The van der Waals surface area contributed by atoms with Crippen LogP contribution in [0.5, 0.6) is 0 Å². The Morgan fingerprint density at radius 1 is 0.971 bits per heavy atom. The number of alkyl halides is 3. The summed E-state index contributed by atoms with van der Waals surface area (Å²) in [6, 6.07) is 16.1. The Kier molecular flexibility index (Phi) is 5.35. The van der Waals surface area contributed by atoms with Gasteiger partial charge < -0.3 is 5.32 Å². The first-order valence-corrected chi connectivity index (χ1v) is 10.5. The number of hydrogen-bond acceptors (Lipinski definition) is 3. The number of benzene rings is 2. The molecule has 0 radical (unpaired) electrons. The van der Waals surface area contributed by atoms with Gasteiger partial charge >= 0.3 is 6.18 Å². The van der Waals surface area contributed by atoms with Crippen LogP contribution in [0.2, 0.25) is 0 Å². The Morgan fingerprint density at radius 2 is 1.74 bits per heavy atom. The van der Waals surface area contributed by atoms with Gasteiger partial charge in [-0.05, 0) is 36.4 Å². The molecule has 35 heavy (non-hydrogen) atoms. The second-order valence-corrected chi connectivity index (χ2v) is 7.81. The fourth-order valence-corrected chi connectivity index (χ4v) is 3.83. The summed E-state index contributed by atoms with van der Waals surface area (Å²) in [7, 11) is 1.59. The Morgan fingerprint density at radius 3 is 2.43 bits per heavy atom. The maximum Gasteiger partial charge on any atom is 0.417 e. The van der Waals surface area contributed by atoms with Crippen LogP contribution in [0.15, 0.2) is 79.1 Å². The summed E-state index contributed by atoms with van der Waals surface area (Å²) in [5, 5.41) is 6.77. The van der Waals surface area contributed by atoms with E-state index in [0.29, 0.717) is 11.3 Å². The summed E-state index contributed by atoms with van der Waals surface area (Å²) in [4.78, 5) is 17.6. The molecule has 1 amide bonds. The highest BCUT2D eigenvalue weighted by Gasteiger charge is 2.34. The summed E-state index contributed by atoms with van der Waals surface area (Å²) < 4.78 is 58.2. The third-order valence-corrected chi connectivity index (χ3v) is 5.46. The maximum absolute atomic E-state index is 14.4. The zero-order valence-electron chi connectivity index (χ0n) is 18.2. The smallest absolute Gasteiger partial charge is 0.306 e. The fraction of sp³-hybridized carbons (Fsp3) is 0.0800. The molecule has 3 aromatic heterocycles. The van der Waals surface area contributed by atoms with E-state index < -0.39 is 23.5 Å². The van der Waals surface area contributed by atoms with Crippen LogP contribution in [0.4, 0.5) is 23.4 Å². The third-order valence-electron chi connectivity index (χ3n) is 5.46. The molecule has 0 aliphatic carbocycles. The normalized spacial score (nSPS) is 11.7. The largest absolute Gasteiger partial charge is 0.417 e. The van der Waals surface area contributed by atoms with Gasteiger partial charge in [-0.2, -0.15) is 18.3 Å². The van der Waals surface area contributed by atoms with Crippen molar-refractivity contribution in [1.29, 1.82) is 0 Å². The summed E-state index contributed by atoms with van der Waals surface area (Å²) in [6.45, 7) is 0. The molecular formula is C25H17F4N5O. The number of halogens is 4. The molecule has 1 N–H and O–H groups in total. The molecule has 10 heteroatoms. The van der Waals surface area contributed by atoms with Gasteiger partial charge in [0.05, 0.1) is 11.3 Å². The van der Waals surface area contributed by atoms with Crippen LogP contribution in [0.1, 0.15) is 15.9 Å². The molecule has 0 saturated heterocycles. The van der Waals surface area contributed by atoms with Gasteiger partial charge in [0.2, 0.25) is 0 Å². The molecule has 2 aromatic carbocycles. The van der Waals surface area contributed by atoms with Gasteiger partial charge in [-0.1, -0.05) is 30.3 Å². The highest BCUT2D eigenvalue weighted by atomic mass is 19.4. The molecule has 6 nitrogen and oxygen atoms in total. The van der Waals surface area contributed by atoms with Crippen molar-refractivity contribution in [1.82, 2.24) is 19.2 Å². The first-order valence-electron chi connectivity index (χ1n) is 10.5. The van der Waals surface area contributed by atoms with Crippen LogP contribution in [0.25, 0.3) is 28.2 Å². The predicted molar refractivity (Wildman–Crippen MR) is 122 cm³/mol. The van der Waals surface area contributed by atoms with Crippen LogP contribution in [0, 0.1) is 5.82 Å². The predicted octanol–water partition coefficient (Wildman–Crippen LogP) is 5.81. The molecule has 0 bridgehead atoms. The van der Waals surface area contributed by atoms with Gasteiger partial charge in [-0.25, -0.2) is 9.37 Å². The first-order chi connectivity index (χ1) is 16.7. The standard InChI is InChI=1S/C25H17F4N5O/c1-33-13-11-20(32-33)17-14-16(9-10-18(17)25(27,28)29)24(35)31-23-21(15-6-3-2-4-7-15)30-22-19(26)8-5-12-34(22)23/h2-14H,1H3,(H,31,35). The zero-order chi connectivity index (χ0) is 24.7. The second kappa shape index (κ2) is 8.39. The minimum Gasteiger partial charge on any atom is -0.306 e. The van der Waals surface area contributed by atoms with Gasteiger partial charge in [0.1, 0.15) is 11.5 Å². The lowest BCUT2D eigenvalue weighted by Crippen LogP contribution is -2.16. The number of imidazole rings is 1. The molecule has 0 atom stereocenters. The number of nitrogens with zero attached hydrogens (tertiary/aromatic N) is 4. The number of nitrogens with one attached hydrogen (secondary N) is 1. The number of fused-ring (bicyclic) bond motifs is 1. The molecule has 0 saturated carbocycles. The first kappa shape index (κ1) is 22.3. The van der Waals surface area contributed by atoms with E-state index in [2.05, 4.69) is 15.4 Å². The lowest BCUT2D eigenvalue weighted by atomic mass is 10.0. The van der Waals surface area contributed by atoms with E-state index in [1.807, 2.05) is 0 Å². The molecule has 5 aromatic rings. The van der Waals surface area contributed by atoms with Crippen molar-refractivity contribution >= 4 is 17.4 Å². The topological polar surface area (TPSA) is 64.2 Å². The third kappa shape index (κ3) is 4.14. The Balaban J connectivity index is 1.60. The molecular weight excluding hydrogens is 462 g/mol. The van der Waals surface area contributed by atoms with E-state index in [0.717, 1.165) is 18.2 Å². The molecule has 0 aliphatic rings. The lowest BCUT2D eigenvalue weighted by Gasteiger charge is -2.14. The van der Waals surface area contributed by atoms with Crippen molar-refractivity contribution < 1.29 is 22.4 Å². The van der Waals surface area contributed by atoms with E-state index >= 15 is 0 Å². The SMILES string of the molecule is Cn1ccc(-c2cc(C(=O)Nc3c(-c4ccccc4)nc4c(F)cccn34)ccc2C(F)(F)F)n1. The highest BCUT2D eigenvalue weighted by Crippen LogP contribution is 2.37. The van der Waals surface area contributed by atoms with Gasteiger partial charge in [0.15, 0.2) is 11.5 Å². The zero-order valence-corrected chi connectivity index (χ0v) is 18.2. The van der Waals surface area contributed by atoms with E-state index in [4.69, 9.17) is 0 Å². The van der Waals surface area contributed by atoms with Crippen LogP contribution in [-0.4, -0.2) is 25.1 Å². The van der Waals surface area contributed by atoms with Gasteiger partial charge in [-0.3, -0.25) is 13.9 Å². The van der Waals surface area contributed by atoms with E-state index in [-0.39, 0.29) is 28.3 Å². The number of anilines is 1. The maximum atomic E-state index is 14.4. The summed E-state index contributed by atoms with van der Waals surface area (Å²) in [5.74, 6) is -1.08. The average Bonchev–Trinajstić information content (AvgIpc) is 3.43. The van der Waals surface area contributed by atoms with E-state index in [9.17, 15) is 22.4 Å². The molecule has 176 valence electrons. The minimum atomic E-state index is -4.64. The molecule has 0 unspecified atom stereocenters. The van der Waals surface area contributed by atoms with Crippen LogP contribution in [0.3, 0.4) is 0 Å². The number of carbonyl (C=O) groups excluding carboxylic acids is 1. The van der Waals surface area contributed by atoms with Crippen molar-refractivity contribution in [3.05, 3.63) is 96.1 Å². The monoisotopic (exact) mass is 479 g/mol. The van der Waals surface area contributed by atoms with Crippen molar-refractivity contribution in [2.24, 2.45) is 7.05 Å². The fourth-order valence-electron chi connectivity index (χ4n) is 3.83. The Hall–Kier alpha value is -4.47. The van der Waals surface area contributed by atoms with Crippen LogP contribution >= 0.6 is 0 Å². The van der Waals surface area contributed by atoms with Crippen molar-refractivity contribution in [3.8, 4) is 22.5 Å². The number of aromatic nitrogens is 4. The van der Waals surface area contributed by atoms with Gasteiger partial charge in [-0.15, -0.1) is 0 Å². The summed E-state index contributed by atoms with van der Waals surface area (Å²) in [6.07, 6.45) is -1.58. The molecule has 5 rings (SSSR count). The molecule has 0 spiro atoms. The van der Waals surface area contributed by atoms with Crippen molar-refractivity contribution in [3.63, 3.8) is 0 Å². The minimum absolute atomic E-state index is 0.00301. The number of amides is 1. The Bertz CT molecular complexity index is 1550. The summed E-state index contributed by atoms with van der Waals surface area (Å²) >= 11 is 0. The number of carbonyl (C=O) groups is 1. The summed E-state index contributed by atoms with van der Waals surface area (Å²) in [5.41, 5.74) is -0.121. The molecule has 0 fully saturated rings. The molecule has 0 aliphatic heterocycles. The molecule has 3 heterocycles. The lowest BCUT2D eigenvalue weighted by molar-refractivity contribution is -0.137. The van der Waals surface area contributed by atoms with E-state index in [1.165, 1.54) is 33.5 Å². The van der Waals surface area contributed by atoms with Crippen LogP contribution in [-0.2, 0) is 13.2 Å². The number of rotatable bonds is 4. The van der Waals surface area contributed by atoms with Gasteiger partial charge in [0.25, 0.3) is 5.91 Å². The number of aryl methyl sites for hydroxylation is 1. The average molecular weight is 479 g/mol. The van der Waals surface area contributed by atoms with Gasteiger partial charge in [0, 0.05) is 36.1 Å². The van der Waals surface area contributed by atoms with Crippen molar-refractivity contribution in [2.75, 3.05) is 5.32 Å². The quantitative estimate of drug-likeness (QED) is 0.331. The number of pyridine rings is 1.